The van der Waals surface area contributed by atoms with Gasteiger partial charge in [-0.2, -0.15) is 10.9 Å². The van der Waals surface area contributed by atoms with E-state index in [0.29, 0.717) is 0 Å². The van der Waals surface area contributed by atoms with Crippen molar-refractivity contribution >= 4 is 17.1 Å². The van der Waals surface area contributed by atoms with Gasteiger partial charge in [-0.3, -0.25) is 4.39 Å². The normalized spacial score (nSPS) is 18.1. The summed E-state index contributed by atoms with van der Waals surface area (Å²) in [5.41, 5.74) is 0.830. The molecule has 1 aromatic carbocycles. The minimum Gasteiger partial charge on any atom is -0.411 e. The molecule has 4 heteroatoms. The van der Waals surface area contributed by atoms with Gasteiger partial charge in [0.1, 0.15) is 6.67 Å². The van der Waals surface area contributed by atoms with Crippen molar-refractivity contribution in [3.05, 3.63) is 52.8 Å². The molecule has 2 rings (SSSR count). The van der Waals surface area contributed by atoms with Crippen molar-refractivity contribution in [1.29, 1.82) is 0 Å². The monoisotopic (exact) mass is 251 g/mol. The maximum Gasteiger partial charge on any atom is 0.101 e. The van der Waals surface area contributed by atoms with E-state index in [-0.39, 0.29) is 10.9 Å². The maximum absolute atomic E-state index is 12.7. The number of oxime groups is 1. The molecule has 1 unspecified atom stereocenters. The summed E-state index contributed by atoms with van der Waals surface area (Å²) < 4.78 is 12.7. The summed E-state index contributed by atoms with van der Waals surface area (Å²) in [6, 6.07) is 7.80. The molecule has 2 nitrogen and oxygen atoms in total. The van der Waals surface area contributed by atoms with Gasteiger partial charge in [-0.1, -0.05) is 24.3 Å². The number of hydrogen-bond donors (Lipinski definition) is 2. The number of hydrogen-bond acceptors (Lipinski definition) is 2. The van der Waals surface area contributed by atoms with Crippen LogP contribution in [0.1, 0.15) is 11.5 Å². The second-order valence-corrected chi connectivity index (χ2v) is 5.63. The van der Waals surface area contributed by atoms with Crippen molar-refractivity contribution in [2.75, 3.05) is 6.67 Å². The van der Waals surface area contributed by atoms with E-state index in [2.05, 4.69) is 16.0 Å². The fourth-order valence-corrected chi connectivity index (χ4v) is 3.20. The van der Waals surface area contributed by atoms with Gasteiger partial charge in [0.15, 0.2) is 0 Å². The van der Waals surface area contributed by atoms with Gasteiger partial charge in [0.2, 0.25) is 0 Å². The second-order valence-electron chi connectivity index (χ2n) is 3.71. The zero-order chi connectivity index (χ0) is 12.1. The van der Waals surface area contributed by atoms with Crippen molar-refractivity contribution < 1.29 is 9.60 Å². The lowest BCUT2D eigenvalue weighted by molar-refractivity contribution is 0.318. The lowest BCUT2D eigenvalue weighted by Gasteiger charge is -2.12. The van der Waals surface area contributed by atoms with Gasteiger partial charge >= 0.3 is 0 Å². The Hall–Kier alpha value is -1.55. The number of thiol groups is 1. The van der Waals surface area contributed by atoms with Gasteiger partial charge in [-0.15, -0.1) is 5.16 Å². The first-order chi connectivity index (χ1) is 8.35. The van der Waals surface area contributed by atoms with E-state index in [0.717, 1.165) is 5.56 Å². The molecule has 0 radical (unpaired) electrons. The molecule has 0 spiro atoms. The third kappa shape index (κ3) is 2.77. The molecule has 1 aliphatic rings. The molecule has 0 aromatic heterocycles. The fourth-order valence-electron chi connectivity index (χ4n) is 1.70. The number of nitrogens with zero attached hydrogens (tertiary/aromatic N) is 1. The molecule has 0 aliphatic carbocycles. The number of alkyl halides is 1. The highest BCUT2D eigenvalue weighted by Gasteiger charge is 2.10. The van der Waals surface area contributed by atoms with E-state index in [1.54, 1.807) is 0 Å². The molecular weight excluding hydrogens is 237 g/mol. The first-order valence-corrected chi connectivity index (χ1v) is 6.80. The highest BCUT2D eigenvalue weighted by molar-refractivity contribution is 8.22. The lowest BCUT2D eigenvalue weighted by atomic mass is 10.0. The average Bonchev–Trinajstić information content (AvgIpc) is 2.90. The molecule has 1 N–H and O–H groups in total. The standard InChI is InChI=1S/C13H14FNOS/c14-9-12(10-15-16)11-3-5-13(6-4-11)17-7-1-2-8-17/h1-8,10,12,16-17H,9H2. The van der Waals surface area contributed by atoms with Crippen molar-refractivity contribution in [3.63, 3.8) is 0 Å². The van der Waals surface area contributed by atoms with Gasteiger partial charge in [-0.25, -0.2) is 0 Å². The summed E-state index contributed by atoms with van der Waals surface area (Å²) in [5, 5.41) is 15.7. The summed E-state index contributed by atoms with van der Waals surface area (Å²) >= 11 is 0. The Kier molecular flexibility index (Phi) is 3.98. The zero-order valence-electron chi connectivity index (χ0n) is 9.20. The summed E-state index contributed by atoms with van der Waals surface area (Å²) in [5.74, 6) is -0.462. The largest absolute Gasteiger partial charge is 0.411 e. The molecule has 1 heterocycles. The molecule has 0 saturated carbocycles. The number of allylic oxidation sites excluding steroid dienone is 2. The van der Waals surface area contributed by atoms with Gasteiger partial charge in [0.25, 0.3) is 0 Å². The van der Waals surface area contributed by atoms with Crippen LogP contribution < -0.4 is 0 Å². The van der Waals surface area contributed by atoms with Gasteiger partial charge in [-0.05, 0) is 33.4 Å². The molecule has 0 bridgehead atoms. The minimum absolute atomic E-state index is 0.322. The predicted molar refractivity (Wildman–Crippen MR) is 71.0 cm³/mol. The fraction of sp³-hybridized carbons (Fsp3) is 0.154. The second kappa shape index (κ2) is 5.68. The van der Waals surface area contributed by atoms with Crippen molar-refractivity contribution in [2.45, 2.75) is 10.8 Å². The molecule has 0 fully saturated rings. The molecular formula is C13H14FNOS. The van der Waals surface area contributed by atoms with Gasteiger partial charge in [0, 0.05) is 0 Å². The van der Waals surface area contributed by atoms with E-state index in [1.165, 1.54) is 11.1 Å². The molecule has 1 aromatic rings. The highest BCUT2D eigenvalue weighted by Crippen LogP contribution is 2.41. The van der Waals surface area contributed by atoms with Crippen molar-refractivity contribution in [2.24, 2.45) is 5.16 Å². The average molecular weight is 251 g/mol. The highest BCUT2D eigenvalue weighted by atomic mass is 32.2. The third-order valence-electron chi connectivity index (χ3n) is 2.64. The smallest absolute Gasteiger partial charge is 0.101 e. The van der Waals surface area contributed by atoms with Crippen LogP contribution in [0.4, 0.5) is 4.39 Å². The molecule has 17 heavy (non-hydrogen) atoms. The van der Waals surface area contributed by atoms with Gasteiger partial charge < -0.3 is 5.21 Å². The number of rotatable bonds is 4. The van der Waals surface area contributed by atoms with Crippen LogP contribution in [0.2, 0.25) is 0 Å². The first kappa shape index (κ1) is 11.9. The SMILES string of the molecule is ON=CC(CF)c1ccc([SH]2C=CC=C2)cc1. The Morgan fingerprint density at radius 3 is 2.41 bits per heavy atom. The Morgan fingerprint density at radius 2 is 1.88 bits per heavy atom. The Labute approximate surface area is 103 Å². The molecule has 90 valence electrons. The zero-order valence-corrected chi connectivity index (χ0v) is 10.1. The first-order valence-electron chi connectivity index (χ1n) is 5.32. The van der Waals surface area contributed by atoms with Crippen LogP contribution in [0.25, 0.3) is 0 Å². The molecule has 1 atom stereocenters. The van der Waals surface area contributed by atoms with Crippen molar-refractivity contribution in [1.82, 2.24) is 0 Å². The molecule has 0 amide bonds. The predicted octanol–water partition coefficient (Wildman–Crippen LogP) is 3.60. The van der Waals surface area contributed by atoms with Crippen LogP contribution in [0.3, 0.4) is 0 Å². The summed E-state index contributed by atoms with van der Waals surface area (Å²) in [6.07, 6.45) is 5.31. The summed E-state index contributed by atoms with van der Waals surface area (Å²) in [7, 11) is -0.322. The lowest BCUT2D eigenvalue weighted by Crippen LogP contribution is -2.02. The topological polar surface area (TPSA) is 32.6 Å². The third-order valence-corrected chi connectivity index (χ3v) is 4.52. The van der Waals surface area contributed by atoms with E-state index in [9.17, 15) is 4.39 Å². The Bertz CT molecular complexity index is 441. The van der Waals surface area contributed by atoms with Crippen LogP contribution in [-0.4, -0.2) is 18.1 Å². The summed E-state index contributed by atoms with van der Waals surface area (Å²) in [6.45, 7) is -0.558. The number of halogens is 1. The van der Waals surface area contributed by atoms with Crippen LogP contribution in [0, 0.1) is 0 Å². The maximum atomic E-state index is 12.7. The number of benzene rings is 1. The van der Waals surface area contributed by atoms with Crippen LogP contribution in [0.15, 0.2) is 57.3 Å². The van der Waals surface area contributed by atoms with E-state index in [4.69, 9.17) is 5.21 Å². The quantitative estimate of drug-likeness (QED) is 0.364. The van der Waals surface area contributed by atoms with E-state index < -0.39 is 12.6 Å². The summed E-state index contributed by atoms with van der Waals surface area (Å²) in [4.78, 5) is 1.24. The van der Waals surface area contributed by atoms with Gasteiger partial charge in [0.05, 0.1) is 12.1 Å². The van der Waals surface area contributed by atoms with Crippen LogP contribution in [-0.2, 0) is 0 Å². The minimum atomic E-state index is -0.558. The van der Waals surface area contributed by atoms with E-state index >= 15 is 0 Å². The van der Waals surface area contributed by atoms with Crippen LogP contribution >= 0.6 is 10.9 Å². The Morgan fingerprint density at radius 1 is 1.24 bits per heavy atom. The Balaban J connectivity index is 2.17. The molecule has 1 aliphatic heterocycles. The molecule has 0 saturated heterocycles. The van der Waals surface area contributed by atoms with Crippen molar-refractivity contribution in [3.8, 4) is 0 Å². The van der Waals surface area contributed by atoms with Crippen LogP contribution in [0.5, 0.6) is 0 Å². The van der Waals surface area contributed by atoms with E-state index in [1.807, 2.05) is 36.4 Å².